The monoisotopic (exact) mass is 382 g/mol. The van der Waals surface area contributed by atoms with E-state index in [4.69, 9.17) is 0 Å². The van der Waals surface area contributed by atoms with Gasteiger partial charge in [-0.25, -0.2) is 4.39 Å². The van der Waals surface area contributed by atoms with Crippen LogP contribution in [0.1, 0.15) is 11.1 Å². The minimum absolute atomic E-state index is 0.0214. The summed E-state index contributed by atoms with van der Waals surface area (Å²) in [7, 11) is 0. The highest BCUT2D eigenvalue weighted by Gasteiger charge is 2.35. The summed E-state index contributed by atoms with van der Waals surface area (Å²) >= 11 is 4.57. The Morgan fingerprint density at radius 1 is 1.29 bits per heavy atom. The van der Waals surface area contributed by atoms with Crippen LogP contribution in [0.5, 0.6) is 0 Å². The first-order valence-corrected chi connectivity index (χ1v) is 5.67. The van der Waals surface area contributed by atoms with Gasteiger partial charge in [0.15, 0.2) is 0 Å². The third kappa shape index (κ3) is 2.59. The van der Waals surface area contributed by atoms with Gasteiger partial charge in [-0.2, -0.15) is 13.2 Å². The molecule has 0 bridgehead atoms. The van der Waals surface area contributed by atoms with Gasteiger partial charge >= 0.3 is 6.18 Å². The fraction of sp³-hybridized carbons (Fsp3) is 0.250. The summed E-state index contributed by atoms with van der Waals surface area (Å²) in [5.74, 6) is -1.21. The first kappa shape index (κ1) is 12.2. The summed E-state index contributed by atoms with van der Waals surface area (Å²) in [4.78, 5) is 0. The normalized spacial score (nSPS) is 11.9. The van der Waals surface area contributed by atoms with Gasteiger partial charge < -0.3 is 0 Å². The van der Waals surface area contributed by atoms with E-state index < -0.39 is 17.6 Å². The van der Waals surface area contributed by atoms with E-state index in [1.54, 1.807) is 22.6 Å². The van der Waals surface area contributed by atoms with Gasteiger partial charge in [-0.3, -0.25) is 0 Å². The Morgan fingerprint density at radius 3 is 2.29 bits per heavy atom. The molecule has 0 atom stereocenters. The highest BCUT2D eigenvalue weighted by atomic mass is 127. The Labute approximate surface area is 100.0 Å². The number of hydrogen-bond acceptors (Lipinski definition) is 0. The van der Waals surface area contributed by atoms with Crippen molar-refractivity contribution in [2.75, 3.05) is 0 Å². The van der Waals surface area contributed by atoms with Crippen LogP contribution in [0, 0.1) is 9.39 Å². The summed E-state index contributed by atoms with van der Waals surface area (Å²) in [6.07, 6.45) is -4.64. The molecule has 1 rings (SSSR count). The second kappa shape index (κ2) is 4.34. The minimum atomic E-state index is -4.64. The molecule has 0 aromatic heterocycles. The van der Waals surface area contributed by atoms with E-state index in [1.807, 2.05) is 0 Å². The van der Waals surface area contributed by atoms with E-state index in [1.165, 1.54) is 6.07 Å². The van der Waals surface area contributed by atoms with Gasteiger partial charge in [0.05, 0.1) is 5.56 Å². The van der Waals surface area contributed by atoms with Crippen LogP contribution >= 0.6 is 38.5 Å². The topological polar surface area (TPSA) is 0 Å². The fourth-order valence-electron chi connectivity index (χ4n) is 0.929. The van der Waals surface area contributed by atoms with Gasteiger partial charge in [0.25, 0.3) is 0 Å². The first-order chi connectivity index (χ1) is 6.36. The molecule has 0 amide bonds. The van der Waals surface area contributed by atoms with Crippen molar-refractivity contribution < 1.29 is 17.6 Å². The molecule has 0 nitrogen and oxygen atoms in total. The zero-order chi connectivity index (χ0) is 10.9. The van der Waals surface area contributed by atoms with Crippen molar-refractivity contribution in [2.45, 2.75) is 11.5 Å². The number of alkyl halides is 4. The largest absolute Gasteiger partial charge is 0.419 e. The summed E-state index contributed by atoms with van der Waals surface area (Å²) in [6, 6.07) is 2.19. The lowest BCUT2D eigenvalue weighted by Gasteiger charge is -2.10. The average Bonchev–Trinajstić information content (AvgIpc) is 2.07. The molecule has 0 heterocycles. The van der Waals surface area contributed by atoms with Crippen LogP contribution in [-0.4, -0.2) is 0 Å². The Bertz CT molecular complexity index is 348. The molecule has 6 heteroatoms. The van der Waals surface area contributed by atoms with Crippen LogP contribution in [-0.2, 0) is 11.5 Å². The predicted octanol–water partition coefficient (Wildman–Crippen LogP) is 4.34. The van der Waals surface area contributed by atoms with E-state index in [0.29, 0.717) is 5.56 Å². The zero-order valence-electron chi connectivity index (χ0n) is 6.63. The third-order valence-electron chi connectivity index (χ3n) is 1.55. The van der Waals surface area contributed by atoms with Crippen molar-refractivity contribution in [3.8, 4) is 0 Å². The van der Waals surface area contributed by atoms with Crippen LogP contribution < -0.4 is 0 Å². The summed E-state index contributed by atoms with van der Waals surface area (Å²) in [5.41, 5.74) is -0.804. The number of benzene rings is 1. The van der Waals surface area contributed by atoms with Crippen molar-refractivity contribution in [1.29, 1.82) is 0 Å². The van der Waals surface area contributed by atoms with Crippen LogP contribution in [0.3, 0.4) is 0 Å². The second-order valence-electron chi connectivity index (χ2n) is 2.57. The first-order valence-electron chi connectivity index (χ1n) is 3.47. The fourth-order valence-corrected chi connectivity index (χ4v) is 1.94. The van der Waals surface area contributed by atoms with E-state index in [-0.39, 0.29) is 8.90 Å². The molecule has 0 spiro atoms. The smallest absolute Gasteiger partial charge is 0.205 e. The standard InChI is InChI=1S/C8H4BrF4I/c9-3-4-1-5(8(11,12)13)7(10)6(14)2-4/h1-2H,3H2. The van der Waals surface area contributed by atoms with Gasteiger partial charge in [-0.05, 0) is 40.3 Å². The number of hydrogen-bond donors (Lipinski definition) is 0. The number of rotatable bonds is 1. The average molecular weight is 383 g/mol. The van der Waals surface area contributed by atoms with Crippen molar-refractivity contribution in [1.82, 2.24) is 0 Å². The molecular formula is C8H4BrF4I. The highest BCUT2D eigenvalue weighted by Crippen LogP contribution is 2.34. The Balaban J connectivity index is 3.35. The second-order valence-corrected chi connectivity index (χ2v) is 4.29. The SMILES string of the molecule is Fc1c(I)cc(CBr)cc1C(F)(F)F. The zero-order valence-corrected chi connectivity index (χ0v) is 10.4. The van der Waals surface area contributed by atoms with E-state index in [2.05, 4.69) is 15.9 Å². The third-order valence-corrected chi connectivity index (χ3v) is 2.98. The molecular weight excluding hydrogens is 379 g/mol. The lowest BCUT2D eigenvalue weighted by molar-refractivity contribution is -0.140. The maximum Gasteiger partial charge on any atom is 0.419 e. The van der Waals surface area contributed by atoms with Gasteiger partial charge in [-0.1, -0.05) is 15.9 Å². The van der Waals surface area contributed by atoms with Gasteiger partial charge in [-0.15, -0.1) is 0 Å². The maximum absolute atomic E-state index is 13.1. The van der Waals surface area contributed by atoms with Crippen LogP contribution in [0.4, 0.5) is 17.6 Å². The van der Waals surface area contributed by atoms with E-state index in [0.717, 1.165) is 6.07 Å². The minimum Gasteiger partial charge on any atom is -0.205 e. The molecule has 0 unspecified atom stereocenters. The quantitative estimate of drug-likeness (QED) is 0.385. The van der Waals surface area contributed by atoms with Crippen LogP contribution in [0.2, 0.25) is 0 Å². The maximum atomic E-state index is 13.1. The Hall–Kier alpha value is 0.150. The molecule has 78 valence electrons. The Morgan fingerprint density at radius 2 is 1.86 bits per heavy atom. The summed E-state index contributed by atoms with van der Waals surface area (Å²) in [6.45, 7) is 0. The van der Waals surface area contributed by atoms with Gasteiger partial charge in [0.2, 0.25) is 0 Å². The number of halogens is 6. The molecule has 1 aromatic carbocycles. The van der Waals surface area contributed by atoms with Crippen molar-refractivity contribution in [2.24, 2.45) is 0 Å². The molecule has 0 aliphatic carbocycles. The summed E-state index contributed by atoms with van der Waals surface area (Å²) in [5, 5.41) is 0.270. The van der Waals surface area contributed by atoms with Gasteiger partial charge in [0.1, 0.15) is 5.82 Å². The molecule has 0 saturated heterocycles. The highest BCUT2D eigenvalue weighted by molar-refractivity contribution is 14.1. The molecule has 0 aliphatic heterocycles. The van der Waals surface area contributed by atoms with E-state index in [9.17, 15) is 17.6 Å². The molecule has 0 radical (unpaired) electrons. The molecule has 14 heavy (non-hydrogen) atoms. The van der Waals surface area contributed by atoms with Crippen molar-refractivity contribution in [3.63, 3.8) is 0 Å². The predicted molar refractivity (Wildman–Crippen MR) is 56.8 cm³/mol. The van der Waals surface area contributed by atoms with Crippen molar-refractivity contribution >= 4 is 38.5 Å². The van der Waals surface area contributed by atoms with E-state index >= 15 is 0 Å². The van der Waals surface area contributed by atoms with Gasteiger partial charge in [0, 0.05) is 8.90 Å². The van der Waals surface area contributed by atoms with Crippen molar-refractivity contribution in [3.05, 3.63) is 32.6 Å². The molecule has 1 aromatic rings. The molecule has 0 fully saturated rings. The Kier molecular flexibility index (Phi) is 3.79. The lowest BCUT2D eigenvalue weighted by atomic mass is 10.1. The molecule has 0 aliphatic rings. The lowest BCUT2D eigenvalue weighted by Crippen LogP contribution is -2.10. The van der Waals surface area contributed by atoms with Crippen LogP contribution in [0.15, 0.2) is 12.1 Å². The van der Waals surface area contributed by atoms with Crippen LogP contribution in [0.25, 0.3) is 0 Å². The summed E-state index contributed by atoms with van der Waals surface area (Å²) < 4.78 is 49.9. The molecule has 0 saturated carbocycles. The molecule has 0 N–H and O–H groups in total.